The third-order valence-corrected chi connectivity index (χ3v) is 4.26. The minimum atomic E-state index is 0.480. The van der Waals surface area contributed by atoms with Gasteiger partial charge in [0.25, 0.3) is 0 Å². The highest BCUT2D eigenvalue weighted by atomic mass is 14.9. The molecule has 1 heteroatoms. The van der Waals surface area contributed by atoms with E-state index in [1.807, 2.05) is 0 Å². The molecule has 1 fully saturated rings. The first-order valence-electron chi connectivity index (χ1n) is 7.55. The van der Waals surface area contributed by atoms with E-state index in [4.69, 9.17) is 0 Å². The lowest BCUT2D eigenvalue weighted by molar-refractivity contribution is 0.403. The molecule has 1 aromatic carbocycles. The van der Waals surface area contributed by atoms with Crippen molar-refractivity contribution >= 4 is 0 Å². The molecule has 1 N–H and O–H groups in total. The first-order chi connectivity index (χ1) is 8.75. The Morgan fingerprint density at radius 2 is 1.67 bits per heavy atom. The summed E-state index contributed by atoms with van der Waals surface area (Å²) in [5, 5.41) is 3.72. The fourth-order valence-corrected chi connectivity index (χ4v) is 2.88. The zero-order valence-electron chi connectivity index (χ0n) is 11.9. The Bertz CT molecular complexity index is 333. The number of rotatable bonds is 4. The second kappa shape index (κ2) is 6.94. The van der Waals surface area contributed by atoms with Crippen LogP contribution in [-0.4, -0.2) is 6.54 Å². The standard InChI is InChI=1S/C17H27N/c1-14-9-11-17(12-10-14)15(2)18-13-16-7-5-3-4-6-8-16/h9-12,15-16,18H,3-8,13H2,1-2H3. The lowest BCUT2D eigenvalue weighted by atomic mass is 9.99. The molecule has 1 unspecified atom stereocenters. The monoisotopic (exact) mass is 245 g/mol. The highest BCUT2D eigenvalue weighted by molar-refractivity contribution is 5.23. The van der Waals surface area contributed by atoms with Gasteiger partial charge in [-0.1, -0.05) is 55.5 Å². The van der Waals surface area contributed by atoms with Crippen LogP contribution in [0.4, 0.5) is 0 Å². The predicted octanol–water partition coefficient (Wildman–Crippen LogP) is 4.62. The number of hydrogen-bond acceptors (Lipinski definition) is 1. The van der Waals surface area contributed by atoms with E-state index in [0.717, 1.165) is 5.92 Å². The van der Waals surface area contributed by atoms with Gasteiger partial charge in [0.2, 0.25) is 0 Å². The van der Waals surface area contributed by atoms with Gasteiger partial charge in [0.15, 0.2) is 0 Å². The molecule has 0 spiro atoms. The molecular weight excluding hydrogens is 218 g/mol. The Labute approximate surface area is 112 Å². The molecule has 0 amide bonds. The van der Waals surface area contributed by atoms with E-state index in [0.29, 0.717) is 6.04 Å². The molecule has 0 aromatic heterocycles. The topological polar surface area (TPSA) is 12.0 Å². The Hall–Kier alpha value is -0.820. The summed E-state index contributed by atoms with van der Waals surface area (Å²) in [5.74, 6) is 0.903. The van der Waals surface area contributed by atoms with Crippen molar-refractivity contribution in [1.82, 2.24) is 5.32 Å². The average Bonchev–Trinajstić information content (AvgIpc) is 2.65. The number of hydrogen-bond donors (Lipinski definition) is 1. The molecule has 100 valence electrons. The van der Waals surface area contributed by atoms with E-state index in [-0.39, 0.29) is 0 Å². The second-order valence-electron chi connectivity index (χ2n) is 5.90. The number of benzene rings is 1. The van der Waals surface area contributed by atoms with E-state index < -0.39 is 0 Å². The van der Waals surface area contributed by atoms with Crippen molar-refractivity contribution in [3.63, 3.8) is 0 Å². The minimum absolute atomic E-state index is 0.480. The molecule has 1 saturated carbocycles. The molecule has 0 aliphatic heterocycles. The summed E-state index contributed by atoms with van der Waals surface area (Å²) >= 11 is 0. The molecule has 0 radical (unpaired) electrons. The molecular formula is C17H27N. The van der Waals surface area contributed by atoms with Gasteiger partial charge in [-0.15, -0.1) is 0 Å². The third kappa shape index (κ3) is 4.13. The van der Waals surface area contributed by atoms with Crippen LogP contribution in [0, 0.1) is 12.8 Å². The van der Waals surface area contributed by atoms with Crippen molar-refractivity contribution in [1.29, 1.82) is 0 Å². The van der Waals surface area contributed by atoms with Crippen molar-refractivity contribution in [3.05, 3.63) is 35.4 Å². The fraction of sp³-hybridized carbons (Fsp3) is 0.647. The predicted molar refractivity (Wildman–Crippen MR) is 78.8 cm³/mol. The SMILES string of the molecule is Cc1ccc(C(C)NCC2CCCCCC2)cc1. The smallest absolute Gasteiger partial charge is 0.0291 e. The average molecular weight is 245 g/mol. The van der Waals surface area contributed by atoms with Crippen molar-refractivity contribution in [2.24, 2.45) is 5.92 Å². The van der Waals surface area contributed by atoms with Gasteiger partial charge in [0.1, 0.15) is 0 Å². The Morgan fingerprint density at radius 1 is 1.06 bits per heavy atom. The summed E-state index contributed by atoms with van der Waals surface area (Å²) in [6, 6.07) is 9.40. The summed E-state index contributed by atoms with van der Waals surface area (Å²) < 4.78 is 0. The van der Waals surface area contributed by atoms with Crippen LogP contribution in [0.25, 0.3) is 0 Å². The molecule has 0 bridgehead atoms. The Balaban J connectivity index is 1.80. The number of nitrogens with one attached hydrogen (secondary N) is 1. The number of aryl methyl sites for hydroxylation is 1. The van der Waals surface area contributed by atoms with Crippen molar-refractivity contribution < 1.29 is 0 Å². The van der Waals surface area contributed by atoms with E-state index in [9.17, 15) is 0 Å². The van der Waals surface area contributed by atoms with Gasteiger partial charge in [0.05, 0.1) is 0 Å². The van der Waals surface area contributed by atoms with Crippen LogP contribution in [0.1, 0.15) is 62.6 Å². The maximum Gasteiger partial charge on any atom is 0.0291 e. The van der Waals surface area contributed by atoms with Gasteiger partial charge in [-0.3, -0.25) is 0 Å². The normalized spacial score (nSPS) is 19.4. The van der Waals surface area contributed by atoms with Crippen LogP contribution < -0.4 is 5.32 Å². The van der Waals surface area contributed by atoms with Crippen LogP contribution >= 0.6 is 0 Å². The van der Waals surface area contributed by atoms with Crippen LogP contribution in [0.2, 0.25) is 0 Å². The molecule has 0 heterocycles. The Morgan fingerprint density at radius 3 is 2.28 bits per heavy atom. The van der Waals surface area contributed by atoms with Crippen LogP contribution in [-0.2, 0) is 0 Å². The maximum absolute atomic E-state index is 3.72. The van der Waals surface area contributed by atoms with Crippen LogP contribution in [0.15, 0.2) is 24.3 Å². The van der Waals surface area contributed by atoms with Gasteiger partial charge >= 0.3 is 0 Å². The quantitative estimate of drug-likeness (QED) is 0.763. The van der Waals surface area contributed by atoms with E-state index in [2.05, 4.69) is 43.4 Å². The summed E-state index contributed by atoms with van der Waals surface area (Å²) in [4.78, 5) is 0. The largest absolute Gasteiger partial charge is 0.310 e. The zero-order valence-corrected chi connectivity index (χ0v) is 11.9. The highest BCUT2D eigenvalue weighted by Crippen LogP contribution is 2.23. The molecule has 1 atom stereocenters. The molecule has 2 rings (SSSR count). The minimum Gasteiger partial charge on any atom is -0.310 e. The Kier molecular flexibility index (Phi) is 5.25. The first-order valence-corrected chi connectivity index (χ1v) is 7.55. The molecule has 0 saturated heterocycles. The van der Waals surface area contributed by atoms with Gasteiger partial charge in [0, 0.05) is 6.04 Å². The van der Waals surface area contributed by atoms with Crippen molar-refractivity contribution in [2.75, 3.05) is 6.54 Å². The fourth-order valence-electron chi connectivity index (χ4n) is 2.88. The third-order valence-electron chi connectivity index (χ3n) is 4.26. The molecule has 1 aromatic rings. The maximum atomic E-state index is 3.72. The van der Waals surface area contributed by atoms with Gasteiger partial charge in [-0.2, -0.15) is 0 Å². The summed E-state index contributed by atoms with van der Waals surface area (Å²) in [7, 11) is 0. The molecule has 18 heavy (non-hydrogen) atoms. The summed E-state index contributed by atoms with van der Waals surface area (Å²) in [6.45, 7) is 5.61. The van der Waals surface area contributed by atoms with Crippen LogP contribution in [0.5, 0.6) is 0 Å². The summed E-state index contributed by atoms with van der Waals surface area (Å²) in [5.41, 5.74) is 2.75. The second-order valence-corrected chi connectivity index (χ2v) is 5.90. The van der Waals surface area contributed by atoms with Gasteiger partial charge < -0.3 is 5.32 Å². The van der Waals surface area contributed by atoms with E-state index >= 15 is 0 Å². The molecule has 1 aliphatic rings. The van der Waals surface area contributed by atoms with Gasteiger partial charge in [-0.25, -0.2) is 0 Å². The van der Waals surface area contributed by atoms with E-state index in [1.54, 1.807) is 0 Å². The van der Waals surface area contributed by atoms with Crippen molar-refractivity contribution in [3.8, 4) is 0 Å². The summed E-state index contributed by atoms with van der Waals surface area (Å²) in [6.07, 6.45) is 8.62. The van der Waals surface area contributed by atoms with E-state index in [1.165, 1.54) is 56.2 Å². The molecule has 1 nitrogen and oxygen atoms in total. The van der Waals surface area contributed by atoms with Gasteiger partial charge in [-0.05, 0) is 44.7 Å². The lowest BCUT2D eigenvalue weighted by Gasteiger charge is -2.19. The zero-order chi connectivity index (χ0) is 12.8. The van der Waals surface area contributed by atoms with Crippen LogP contribution in [0.3, 0.4) is 0 Å². The highest BCUT2D eigenvalue weighted by Gasteiger charge is 2.13. The first kappa shape index (κ1) is 13.6. The lowest BCUT2D eigenvalue weighted by Crippen LogP contribution is -2.25. The molecule has 1 aliphatic carbocycles. The van der Waals surface area contributed by atoms with Crippen molar-refractivity contribution in [2.45, 2.75) is 58.4 Å².